The largest absolute Gasteiger partial charge is 0.271 e. The quantitative estimate of drug-likeness (QED) is 0.536. The second-order valence-electron chi connectivity index (χ2n) is 6.37. The van der Waals surface area contributed by atoms with Crippen molar-refractivity contribution < 1.29 is 0 Å². The number of nitrogens with zero attached hydrogens (tertiary/aromatic N) is 4. The van der Waals surface area contributed by atoms with Gasteiger partial charge in [-0.2, -0.15) is 10.2 Å². The molecule has 2 heterocycles. The number of hydrogen-bond acceptors (Lipinski definition) is 3. The maximum Gasteiger partial charge on any atom is 0.137 e. The third kappa shape index (κ3) is 2.97. The lowest BCUT2D eigenvalue weighted by Crippen LogP contribution is -2.06. The number of aryl methyl sites for hydroxylation is 1. The van der Waals surface area contributed by atoms with Crippen LogP contribution in [0.3, 0.4) is 0 Å². The molecular weight excluding hydrogens is 369 g/mol. The molecular formula is C19H17Cl2N5. The second kappa shape index (κ2) is 6.74. The van der Waals surface area contributed by atoms with Crippen LogP contribution in [0.1, 0.15) is 24.4 Å². The molecule has 0 bridgehead atoms. The summed E-state index contributed by atoms with van der Waals surface area (Å²) in [6.45, 7) is 2.12. The van der Waals surface area contributed by atoms with Gasteiger partial charge in [0.25, 0.3) is 0 Å². The first kappa shape index (κ1) is 17.1. The zero-order chi connectivity index (χ0) is 18.3. The van der Waals surface area contributed by atoms with E-state index in [1.54, 1.807) is 6.07 Å². The molecule has 0 aliphatic carbocycles. The van der Waals surface area contributed by atoms with Crippen LogP contribution in [0.15, 0.2) is 42.7 Å². The smallest absolute Gasteiger partial charge is 0.137 e. The van der Waals surface area contributed by atoms with Crippen molar-refractivity contribution in [2.24, 2.45) is 7.05 Å². The Morgan fingerprint density at radius 3 is 2.73 bits per heavy atom. The number of halogens is 2. The summed E-state index contributed by atoms with van der Waals surface area (Å²) in [7, 11) is 1.97. The Morgan fingerprint density at radius 1 is 1.15 bits per heavy atom. The van der Waals surface area contributed by atoms with Crippen molar-refractivity contribution in [2.45, 2.75) is 19.3 Å². The Labute approximate surface area is 161 Å². The summed E-state index contributed by atoms with van der Waals surface area (Å²) in [6.07, 6.45) is 2.34. The van der Waals surface area contributed by atoms with Crippen molar-refractivity contribution >= 4 is 34.1 Å². The van der Waals surface area contributed by atoms with Crippen molar-refractivity contribution in [2.75, 3.05) is 0 Å². The molecule has 26 heavy (non-hydrogen) atoms. The number of aromatic amines is 1. The van der Waals surface area contributed by atoms with Crippen LogP contribution in [0.2, 0.25) is 10.0 Å². The topological polar surface area (TPSA) is 59.4 Å². The number of H-pyrrole nitrogens is 1. The molecule has 5 nitrogen and oxygen atoms in total. The van der Waals surface area contributed by atoms with Crippen molar-refractivity contribution in [3.8, 4) is 11.1 Å². The monoisotopic (exact) mass is 385 g/mol. The standard InChI is InChI=1S/C19H17Cl2N5/c1-11(19-22-10-23-24-19)8-17-15-5-3-4-14(18(15)25-26(17)2)13-7-6-12(20)9-16(13)21/h3-7,9-11H,8H2,1-2H3,(H,22,23,24). The summed E-state index contributed by atoms with van der Waals surface area (Å²) < 4.78 is 1.94. The molecule has 0 spiro atoms. The molecule has 4 aromatic rings. The van der Waals surface area contributed by atoms with Crippen molar-refractivity contribution in [3.05, 3.63) is 64.3 Å². The van der Waals surface area contributed by atoms with Crippen LogP contribution in [0, 0.1) is 0 Å². The van der Waals surface area contributed by atoms with Crippen molar-refractivity contribution in [1.82, 2.24) is 25.0 Å². The molecule has 1 unspecified atom stereocenters. The Hall–Kier alpha value is -2.37. The summed E-state index contributed by atoms with van der Waals surface area (Å²) >= 11 is 12.5. The Kier molecular flexibility index (Phi) is 4.42. The van der Waals surface area contributed by atoms with Crippen LogP contribution in [0.5, 0.6) is 0 Å². The van der Waals surface area contributed by atoms with Gasteiger partial charge in [-0.25, -0.2) is 4.98 Å². The molecule has 2 aromatic carbocycles. The average molecular weight is 386 g/mol. The lowest BCUT2D eigenvalue weighted by molar-refractivity contribution is 0.640. The van der Waals surface area contributed by atoms with E-state index in [2.05, 4.69) is 28.2 Å². The van der Waals surface area contributed by atoms with E-state index in [-0.39, 0.29) is 5.92 Å². The summed E-state index contributed by atoms with van der Waals surface area (Å²) in [5.74, 6) is 1.08. The van der Waals surface area contributed by atoms with Gasteiger partial charge in [0.2, 0.25) is 0 Å². The van der Waals surface area contributed by atoms with Crippen LogP contribution in [0.4, 0.5) is 0 Å². The number of aromatic nitrogens is 5. The van der Waals surface area contributed by atoms with E-state index >= 15 is 0 Å². The highest BCUT2D eigenvalue weighted by Gasteiger charge is 2.18. The molecule has 0 aliphatic rings. The predicted octanol–water partition coefficient (Wildman–Crippen LogP) is 5.01. The summed E-state index contributed by atoms with van der Waals surface area (Å²) in [6, 6.07) is 11.7. The highest BCUT2D eigenvalue weighted by atomic mass is 35.5. The lowest BCUT2D eigenvalue weighted by Gasteiger charge is -2.09. The lowest BCUT2D eigenvalue weighted by atomic mass is 9.98. The fourth-order valence-electron chi connectivity index (χ4n) is 3.28. The Balaban J connectivity index is 1.81. The van der Waals surface area contributed by atoms with E-state index in [0.717, 1.165) is 40.0 Å². The van der Waals surface area contributed by atoms with Gasteiger partial charge in [-0.3, -0.25) is 9.78 Å². The van der Waals surface area contributed by atoms with Crippen molar-refractivity contribution in [3.63, 3.8) is 0 Å². The van der Waals surface area contributed by atoms with Crippen LogP contribution < -0.4 is 0 Å². The normalized spacial score (nSPS) is 12.6. The SMILES string of the molecule is CC(Cc1c2cccc(-c3ccc(Cl)cc3Cl)c2nn1C)c1ncn[nH]1. The van der Waals surface area contributed by atoms with Gasteiger partial charge in [0, 0.05) is 45.2 Å². The molecule has 0 fully saturated rings. The third-order valence-electron chi connectivity index (χ3n) is 4.61. The molecule has 1 N–H and O–H groups in total. The van der Waals surface area contributed by atoms with Gasteiger partial charge in [-0.15, -0.1) is 0 Å². The second-order valence-corrected chi connectivity index (χ2v) is 7.22. The first-order valence-corrected chi connectivity index (χ1v) is 9.05. The minimum atomic E-state index is 0.207. The first-order chi connectivity index (χ1) is 12.5. The van der Waals surface area contributed by atoms with Gasteiger partial charge in [-0.1, -0.05) is 54.4 Å². The summed E-state index contributed by atoms with van der Waals surface area (Å²) in [4.78, 5) is 4.27. The van der Waals surface area contributed by atoms with E-state index in [9.17, 15) is 0 Å². The number of fused-ring (bicyclic) bond motifs is 1. The van der Waals surface area contributed by atoms with Crippen LogP contribution in [0.25, 0.3) is 22.0 Å². The van der Waals surface area contributed by atoms with Gasteiger partial charge in [0.15, 0.2) is 0 Å². The molecule has 0 saturated heterocycles. The summed E-state index contributed by atoms with van der Waals surface area (Å²) in [5, 5.41) is 14.0. The van der Waals surface area contributed by atoms with E-state index < -0.39 is 0 Å². The van der Waals surface area contributed by atoms with Gasteiger partial charge in [-0.05, 0) is 18.6 Å². The minimum Gasteiger partial charge on any atom is -0.271 e. The molecule has 1 atom stereocenters. The Bertz CT molecular complexity index is 1070. The summed E-state index contributed by atoms with van der Waals surface area (Å²) in [5.41, 5.74) is 4.00. The fourth-order valence-corrected chi connectivity index (χ4v) is 3.79. The highest BCUT2D eigenvalue weighted by Crippen LogP contribution is 2.36. The zero-order valence-electron chi connectivity index (χ0n) is 14.4. The molecule has 0 amide bonds. The molecule has 0 radical (unpaired) electrons. The number of nitrogens with one attached hydrogen (secondary N) is 1. The third-order valence-corrected chi connectivity index (χ3v) is 5.16. The number of hydrogen-bond donors (Lipinski definition) is 1. The minimum absolute atomic E-state index is 0.207. The maximum atomic E-state index is 6.42. The molecule has 132 valence electrons. The molecule has 2 aromatic heterocycles. The van der Waals surface area contributed by atoms with E-state index in [1.165, 1.54) is 6.33 Å². The molecule has 0 aliphatic heterocycles. The molecule has 0 saturated carbocycles. The predicted molar refractivity (Wildman–Crippen MR) is 105 cm³/mol. The maximum absolute atomic E-state index is 6.42. The zero-order valence-corrected chi connectivity index (χ0v) is 15.9. The van der Waals surface area contributed by atoms with Crippen LogP contribution in [-0.4, -0.2) is 25.0 Å². The number of rotatable bonds is 4. The van der Waals surface area contributed by atoms with E-state index in [4.69, 9.17) is 28.3 Å². The number of benzene rings is 2. The molecule has 4 rings (SSSR count). The fraction of sp³-hybridized carbons (Fsp3) is 0.211. The average Bonchev–Trinajstić information content (AvgIpc) is 3.24. The highest BCUT2D eigenvalue weighted by molar-refractivity contribution is 6.36. The van der Waals surface area contributed by atoms with Gasteiger partial charge in [0.05, 0.1) is 0 Å². The van der Waals surface area contributed by atoms with Crippen molar-refractivity contribution in [1.29, 1.82) is 0 Å². The van der Waals surface area contributed by atoms with E-state index in [0.29, 0.717) is 10.0 Å². The Morgan fingerprint density at radius 2 is 2.00 bits per heavy atom. The van der Waals surface area contributed by atoms with Gasteiger partial charge < -0.3 is 0 Å². The first-order valence-electron chi connectivity index (χ1n) is 8.30. The molecule has 7 heteroatoms. The van der Waals surface area contributed by atoms with E-state index in [1.807, 2.05) is 36.0 Å². The van der Waals surface area contributed by atoms with Crippen LogP contribution >= 0.6 is 23.2 Å². The van der Waals surface area contributed by atoms with Gasteiger partial charge in [0.1, 0.15) is 17.7 Å². The van der Waals surface area contributed by atoms with Gasteiger partial charge >= 0.3 is 0 Å². The van der Waals surface area contributed by atoms with Crippen LogP contribution in [-0.2, 0) is 13.5 Å².